The van der Waals surface area contributed by atoms with Crippen LogP contribution in [-0.2, 0) is 23.8 Å². The van der Waals surface area contributed by atoms with E-state index in [1.807, 2.05) is 0 Å². The summed E-state index contributed by atoms with van der Waals surface area (Å²) in [7, 11) is 0. The summed E-state index contributed by atoms with van der Waals surface area (Å²) >= 11 is 0. The quantitative estimate of drug-likeness (QED) is 0.523. The number of Topliss-reactive ketones (excluding diaryl/α,β-unsaturated/α-hetero) is 1. The monoisotopic (exact) mass is 364 g/mol. The third-order valence-corrected chi connectivity index (χ3v) is 8.60. The predicted octanol–water partition coefficient (Wildman–Crippen LogP) is 1.97. The van der Waals surface area contributed by atoms with Crippen molar-refractivity contribution < 1.29 is 28.9 Å². The SMILES string of the molecule is C[C@@H]1C[C@H]2OC(=O)[C@@]3(C)C(=O)CC[C@@](C)([C@@H]23)[C@@]12CC[C@@]1(CO[C@H](O)C1)O2. The fraction of sp³-hybridized carbons (Fsp3) is 0.900. The molecule has 0 radical (unpaired) electrons. The number of esters is 1. The Hall–Kier alpha value is -0.980. The molecule has 144 valence electrons. The van der Waals surface area contributed by atoms with Crippen molar-refractivity contribution in [3.8, 4) is 0 Å². The van der Waals surface area contributed by atoms with Crippen molar-refractivity contribution in [3.05, 3.63) is 0 Å². The van der Waals surface area contributed by atoms with Gasteiger partial charge in [-0.05, 0) is 38.5 Å². The predicted molar refractivity (Wildman–Crippen MR) is 90.0 cm³/mol. The van der Waals surface area contributed by atoms with Gasteiger partial charge in [-0.25, -0.2) is 0 Å². The summed E-state index contributed by atoms with van der Waals surface area (Å²) in [6.07, 6.45) is 3.11. The number of rotatable bonds is 0. The first-order chi connectivity index (χ1) is 12.2. The Kier molecular flexibility index (Phi) is 3.22. The average Bonchev–Trinajstić information content (AvgIpc) is 3.21. The summed E-state index contributed by atoms with van der Waals surface area (Å²) < 4.78 is 18.1. The number of ketones is 1. The first-order valence-corrected chi connectivity index (χ1v) is 9.91. The zero-order valence-corrected chi connectivity index (χ0v) is 15.7. The summed E-state index contributed by atoms with van der Waals surface area (Å²) in [5.74, 6) is -0.249. The maximum Gasteiger partial charge on any atom is 0.320 e. The number of aliphatic hydroxyl groups excluding tert-OH is 1. The molecule has 2 saturated carbocycles. The first-order valence-electron chi connectivity index (χ1n) is 9.91. The number of carbonyl (C=O) groups is 2. The first kappa shape index (κ1) is 17.1. The smallest absolute Gasteiger partial charge is 0.320 e. The highest BCUT2D eigenvalue weighted by Gasteiger charge is 2.76. The minimum absolute atomic E-state index is 0.0181. The maximum atomic E-state index is 12.8. The van der Waals surface area contributed by atoms with Gasteiger partial charge in [0.2, 0.25) is 0 Å². The molecule has 6 nitrogen and oxygen atoms in total. The molecule has 0 amide bonds. The van der Waals surface area contributed by atoms with Crippen LogP contribution in [0.2, 0.25) is 0 Å². The summed E-state index contributed by atoms with van der Waals surface area (Å²) in [6.45, 7) is 6.60. The van der Waals surface area contributed by atoms with Gasteiger partial charge in [0.15, 0.2) is 6.29 Å². The van der Waals surface area contributed by atoms with Crippen molar-refractivity contribution in [3.63, 3.8) is 0 Å². The fourth-order valence-corrected chi connectivity index (χ4v) is 7.29. The Morgan fingerprint density at radius 2 is 1.92 bits per heavy atom. The number of aliphatic hydroxyl groups is 1. The minimum atomic E-state index is -1.05. The van der Waals surface area contributed by atoms with Crippen molar-refractivity contribution in [2.45, 2.75) is 82.9 Å². The highest BCUT2D eigenvalue weighted by atomic mass is 16.6. The number of hydrogen-bond donors (Lipinski definition) is 1. The molecular weight excluding hydrogens is 336 g/mol. The molecule has 5 rings (SSSR count). The van der Waals surface area contributed by atoms with Gasteiger partial charge in [0.25, 0.3) is 0 Å². The van der Waals surface area contributed by atoms with Crippen LogP contribution < -0.4 is 0 Å². The third kappa shape index (κ3) is 1.74. The van der Waals surface area contributed by atoms with Crippen molar-refractivity contribution >= 4 is 11.8 Å². The van der Waals surface area contributed by atoms with E-state index in [2.05, 4.69) is 13.8 Å². The van der Waals surface area contributed by atoms with Gasteiger partial charge < -0.3 is 19.3 Å². The topological polar surface area (TPSA) is 82.1 Å². The molecule has 1 N–H and O–H groups in total. The van der Waals surface area contributed by atoms with E-state index in [1.54, 1.807) is 6.92 Å². The highest BCUT2D eigenvalue weighted by molar-refractivity contribution is 6.06. The van der Waals surface area contributed by atoms with Crippen LogP contribution in [0.15, 0.2) is 0 Å². The molecule has 0 aromatic heterocycles. The Labute approximate surface area is 153 Å². The molecule has 26 heavy (non-hydrogen) atoms. The third-order valence-electron chi connectivity index (χ3n) is 8.60. The molecule has 0 bridgehead atoms. The van der Waals surface area contributed by atoms with Gasteiger partial charge in [-0.15, -0.1) is 0 Å². The van der Waals surface area contributed by atoms with E-state index in [4.69, 9.17) is 14.2 Å². The van der Waals surface area contributed by atoms with Crippen LogP contribution >= 0.6 is 0 Å². The summed E-state index contributed by atoms with van der Waals surface area (Å²) in [4.78, 5) is 25.5. The molecule has 8 atom stereocenters. The van der Waals surface area contributed by atoms with E-state index in [9.17, 15) is 14.7 Å². The Bertz CT molecular complexity index is 692. The fourth-order valence-electron chi connectivity index (χ4n) is 7.29. The van der Waals surface area contributed by atoms with Crippen LogP contribution in [0.4, 0.5) is 0 Å². The molecule has 5 aliphatic rings. The molecule has 6 heteroatoms. The zero-order chi connectivity index (χ0) is 18.5. The van der Waals surface area contributed by atoms with Crippen LogP contribution in [0.3, 0.4) is 0 Å². The van der Waals surface area contributed by atoms with Crippen molar-refractivity contribution in [1.29, 1.82) is 0 Å². The second-order valence-corrected chi connectivity index (χ2v) is 9.75. The van der Waals surface area contributed by atoms with Crippen LogP contribution in [0.25, 0.3) is 0 Å². The standard InChI is InChI=1S/C20H28O6/c1-11-8-12-15-17(2,5-4-13(21)18(15,3)16(23)25-12)20(11)7-6-19(26-20)9-14(22)24-10-19/h11-12,14-15,22H,4-10H2,1-3H3/t11-,12-,14+,15-,17+,18+,19-,20-/m1/s1. The molecular formula is C20H28O6. The van der Waals surface area contributed by atoms with Crippen LogP contribution in [0.5, 0.6) is 0 Å². The lowest BCUT2D eigenvalue weighted by molar-refractivity contribution is -0.247. The summed E-state index contributed by atoms with van der Waals surface area (Å²) in [5.41, 5.74) is -2.20. The molecule has 2 spiro atoms. The zero-order valence-electron chi connectivity index (χ0n) is 15.7. The minimum Gasteiger partial charge on any atom is -0.461 e. The maximum absolute atomic E-state index is 12.8. The van der Waals surface area contributed by atoms with E-state index in [1.165, 1.54) is 0 Å². The number of fused-ring (bicyclic) bond motifs is 1. The van der Waals surface area contributed by atoms with Crippen molar-refractivity contribution in [1.82, 2.24) is 0 Å². The molecule has 3 heterocycles. The second-order valence-electron chi connectivity index (χ2n) is 9.75. The van der Waals surface area contributed by atoms with Gasteiger partial charge in [-0.2, -0.15) is 0 Å². The van der Waals surface area contributed by atoms with Gasteiger partial charge in [0, 0.05) is 24.2 Å². The van der Waals surface area contributed by atoms with Gasteiger partial charge >= 0.3 is 5.97 Å². The Morgan fingerprint density at radius 1 is 1.15 bits per heavy atom. The molecule has 5 fully saturated rings. The number of ether oxygens (including phenoxy) is 3. The molecule has 0 unspecified atom stereocenters. The van der Waals surface area contributed by atoms with E-state index >= 15 is 0 Å². The summed E-state index contributed by atoms with van der Waals surface area (Å²) in [5, 5.41) is 9.90. The van der Waals surface area contributed by atoms with Gasteiger partial charge in [-0.3, -0.25) is 9.59 Å². The molecule has 0 aromatic rings. The van der Waals surface area contributed by atoms with E-state index < -0.39 is 22.9 Å². The lowest BCUT2D eigenvalue weighted by atomic mass is 9.44. The molecule has 3 saturated heterocycles. The van der Waals surface area contributed by atoms with Gasteiger partial charge in [0.1, 0.15) is 17.3 Å². The van der Waals surface area contributed by atoms with Gasteiger partial charge in [0.05, 0.1) is 17.8 Å². The molecule has 3 aliphatic heterocycles. The lowest BCUT2D eigenvalue weighted by Crippen LogP contribution is -2.67. The van der Waals surface area contributed by atoms with E-state index in [0.29, 0.717) is 19.4 Å². The van der Waals surface area contributed by atoms with Crippen LogP contribution in [0.1, 0.15) is 59.3 Å². The Balaban J connectivity index is 1.60. The normalized spacial score (nSPS) is 58.5. The number of hydrogen-bond acceptors (Lipinski definition) is 6. The van der Waals surface area contributed by atoms with Crippen LogP contribution in [0, 0.1) is 22.7 Å². The van der Waals surface area contributed by atoms with Crippen LogP contribution in [-0.4, -0.2) is 47.1 Å². The second kappa shape index (κ2) is 4.89. The van der Waals surface area contributed by atoms with E-state index in [-0.39, 0.29) is 35.1 Å². The summed E-state index contributed by atoms with van der Waals surface area (Å²) in [6, 6.07) is 0. The lowest BCUT2D eigenvalue weighted by Gasteiger charge is -2.61. The molecule has 2 aliphatic carbocycles. The highest BCUT2D eigenvalue weighted by Crippen LogP contribution is 2.70. The Morgan fingerprint density at radius 3 is 2.62 bits per heavy atom. The van der Waals surface area contributed by atoms with E-state index in [0.717, 1.165) is 25.7 Å². The molecule has 0 aromatic carbocycles. The average molecular weight is 364 g/mol. The van der Waals surface area contributed by atoms with Crippen molar-refractivity contribution in [2.24, 2.45) is 22.7 Å². The largest absolute Gasteiger partial charge is 0.461 e. The number of carbonyl (C=O) groups excluding carboxylic acids is 2. The van der Waals surface area contributed by atoms with Crippen molar-refractivity contribution in [2.75, 3.05) is 6.61 Å². The van der Waals surface area contributed by atoms with Gasteiger partial charge in [-0.1, -0.05) is 13.8 Å².